The lowest BCUT2D eigenvalue weighted by Gasteiger charge is -2.05. The summed E-state index contributed by atoms with van der Waals surface area (Å²) in [5, 5.41) is 1.41. The van der Waals surface area contributed by atoms with Crippen LogP contribution in [0.2, 0.25) is 15.1 Å². The highest BCUT2D eigenvalue weighted by molar-refractivity contribution is 7.16. The molecular formula is C18H11Cl3N2O2S. The fraction of sp³-hybridized carbons (Fsp3) is 0.111. The highest BCUT2D eigenvalue weighted by Gasteiger charge is 2.09. The van der Waals surface area contributed by atoms with Gasteiger partial charge in [0.15, 0.2) is 11.4 Å². The van der Waals surface area contributed by atoms with Gasteiger partial charge in [-0.25, -0.2) is 0 Å². The van der Waals surface area contributed by atoms with Crippen LogP contribution in [0.5, 0.6) is 5.75 Å². The summed E-state index contributed by atoms with van der Waals surface area (Å²) in [5.74, 6) is 2.47. The minimum atomic E-state index is -0.459. The molecule has 0 spiro atoms. The first-order valence-corrected chi connectivity index (χ1v) is 9.31. The van der Waals surface area contributed by atoms with Gasteiger partial charge < -0.3 is 9.30 Å². The lowest BCUT2D eigenvalue weighted by molar-refractivity contribution is -0.120. The zero-order chi connectivity index (χ0) is 18.7. The van der Waals surface area contributed by atoms with Crippen LogP contribution in [-0.4, -0.2) is 17.1 Å². The highest BCUT2D eigenvalue weighted by atomic mass is 35.5. The SMILES string of the molecule is C#CCn1c(=NC(=O)COc2ccc(Cl)cc2Cl)sc2cc(Cl)ccc21. The van der Waals surface area contributed by atoms with Crippen molar-refractivity contribution in [3.8, 4) is 18.1 Å². The van der Waals surface area contributed by atoms with Gasteiger partial charge in [-0.2, -0.15) is 4.99 Å². The van der Waals surface area contributed by atoms with Gasteiger partial charge in [0, 0.05) is 10.0 Å². The van der Waals surface area contributed by atoms with E-state index >= 15 is 0 Å². The molecule has 4 nitrogen and oxygen atoms in total. The molecule has 0 aliphatic carbocycles. The molecular weight excluding hydrogens is 415 g/mol. The zero-order valence-electron chi connectivity index (χ0n) is 13.2. The predicted molar refractivity (Wildman–Crippen MR) is 106 cm³/mol. The van der Waals surface area contributed by atoms with Crippen LogP contribution in [0.15, 0.2) is 41.4 Å². The Hall–Kier alpha value is -1.97. The summed E-state index contributed by atoms with van der Waals surface area (Å²) in [7, 11) is 0. The molecule has 0 radical (unpaired) electrons. The van der Waals surface area contributed by atoms with E-state index < -0.39 is 5.91 Å². The largest absolute Gasteiger partial charge is 0.482 e. The average Bonchev–Trinajstić information content (AvgIpc) is 2.91. The fourth-order valence-electron chi connectivity index (χ4n) is 2.25. The van der Waals surface area contributed by atoms with Crippen LogP contribution in [0.3, 0.4) is 0 Å². The lowest BCUT2D eigenvalue weighted by atomic mass is 10.3. The monoisotopic (exact) mass is 424 g/mol. The Morgan fingerprint density at radius 2 is 1.92 bits per heavy atom. The number of carbonyl (C=O) groups excluding carboxylic acids is 1. The number of ether oxygens (including phenoxy) is 1. The van der Waals surface area contributed by atoms with Gasteiger partial charge in [-0.3, -0.25) is 4.79 Å². The van der Waals surface area contributed by atoms with Crippen LogP contribution in [0.4, 0.5) is 0 Å². The molecule has 3 aromatic rings. The molecule has 3 rings (SSSR count). The Morgan fingerprint density at radius 1 is 1.19 bits per heavy atom. The minimum absolute atomic E-state index is 0.258. The number of halogens is 3. The van der Waals surface area contributed by atoms with Crippen molar-refractivity contribution in [1.29, 1.82) is 0 Å². The third-order valence-corrected chi connectivity index (χ3v) is 5.17. The van der Waals surface area contributed by atoms with Gasteiger partial charge in [0.25, 0.3) is 5.91 Å². The molecule has 0 bridgehead atoms. The second-order valence-electron chi connectivity index (χ2n) is 5.16. The number of hydrogen-bond acceptors (Lipinski definition) is 3. The van der Waals surface area contributed by atoms with Gasteiger partial charge in [0.1, 0.15) is 5.75 Å². The lowest BCUT2D eigenvalue weighted by Crippen LogP contribution is -2.19. The van der Waals surface area contributed by atoms with E-state index in [1.807, 2.05) is 12.1 Å². The quantitative estimate of drug-likeness (QED) is 0.563. The zero-order valence-corrected chi connectivity index (χ0v) is 16.3. The van der Waals surface area contributed by atoms with Gasteiger partial charge in [0.2, 0.25) is 0 Å². The first kappa shape index (κ1) is 18.8. The third kappa shape index (κ3) is 4.22. The summed E-state index contributed by atoms with van der Waals surface area (Å²) < 4.78 is 8.09. The topological polar surface area (TPSA) is 43.6 Å². The summed E-state index contributed by atoms with van der Waals surface area (Å²) >= 11 is 19.2. The molecule has 2 aromatic carbocycles. The van der Waals surface area contributed by atoms with Gasteiger partial charge in [0.05, 0.1) is 21.8 Å². The molecule has 0 aliphatic heterocycles. The van der Waals surface area contributed by atoms with Crippen LogP contribution in [0.25, 0.3) is 10.2 Å². The van der Waals surface area contributed by atoms with E-state index in [1.165, 1.54) is 17.4 Å². The molecule has 0 N–H and O–H groups in total. The van der Waals surface area contributed by atoms with Crippen molar-refractivity contribution in [3.05, 3.63) is 56.3 Å². The molecule has 8 heteroatoms. The van der Waals surface area contributed by atoms with Crippen molar-refractivity contribution in [2.24, 2.45) is 4.99 Å². The fourth-order valence-corrected chi connectivity index (χ4v) is 4.03. The molecule has 1 amide bonds. The molecule has 0 fully saturated rings. The molecule has 132 valence electrons. The Morgan fingerprint density at radius 3 is 2.65 bits per heavy atom. The van der Waals surface area contributed by atoms with E-state index in [0.29, 0.717) is 25.6 Å². The number of aromatic nitrogens is 1. The van der Waals surface area contributed by atoms with Gasteiger partial charge in [-0.15, -0.1) is 6.42 Å². The maximum atomic E-state index is 12.2. The number of thiazole rings is 1. The Labute approximate surface area is 168 Å². The second-order valence-corrected chi connectivity index (χ2v) is 7.45. The molecule has 0 aliphatic rings. The number of amides is 1. The maximum absolute atomic E-state index is 12.2. The number of benzene rings is 2. The van der Waals surface area contributed by atoms with Crippen LogP contribution in [0, 0.1) is 12.3 Å². The third-order valence-electron chi connectivity index (χ3n) is 3.36. The number of terminal acetylenes is 1. The molecule has 1 aromatic heterocycles. The summed E-state index contributed by atoms with van der Waals surface area (Å²) in [4.78, 5) is 16.8. The molecule has 1 heterocycles. The van der Waals surface area contributed by atoms with Crippen LogP contribution in [0.1, 0.15) is 0 Å². The van der Waals surface area contributed by atoms with E-state index in [2.05, 4.69) is 10.9 Å². The van der Waals surface area contributed by atoms with Crippen molar-refractivity contribution < 1.29 is 9.53 Å². The van der Waals surface area contributed by atoms with Gasteiger partial charge in [-0.1, -0.05) is 52.1 Å². The second kappa shape index (κ2) is 8.15. The van der Waals surface area contributed by atoms with Gasteiger partial charge >= 0.3 is 0 Å². The molecule has 0 saturated heterocycles. The van der Waals surface area contributed by atoms with E-state index in [9.17, 15) is 4.79 Å². The summed E-state index contributed by atoms with van der Waals surface area (Å²) in [6, 6.07) is 10.2. The summed E-state index contributed by atoms with van der Waals surface area (Å²) in [6.07, 6.45) is 5.43. The first-order chi connectivity index (χ1) is 12.5. The van der Waals surface area contributed by atoms with Crippen molar-refractivity contribution in [1.82, 2.24) is 4.57 Å². The standard InChI is InChI=1S/C18H11Cl3N2O2S/c1-2-7-23-14-5-3-12(20)9-16(14)26-18(23)22-17(24)10-25-15-6-4-11(19)8-13(15)21/h1,3-6,8-9H,7,10H2. The Balaban J connectivity index is 1.87. The van der Waals surface area contributed by atoms with E-state index in [0.717, 1.165) is 10.2 Å². The number of carbonyl (C=O) groups is 1. The van der Waals surface area contributed by atoms with Gasteiger partial charge in [-0.05, 0) is 36.4 Å². The van der Waals surface area contributed by atoms with E-state index in [-0.39, 0.29) is 13.2 Å². The van der Waals surface area contributed by atoms with E-state index in [4.69, 9.17) is 46.0 Å². The summed E-state index contributed by atoms with van der Waals surface area (Å²) in [6.45, 7) is 0.0318. The van der Waals surface area contributed by atoms with Crippen LogP contribution < -0.4 is 9.54 Å². The summed E-state index contributed by atoms with van der Waals surface area (Å²) in [5.41, 5.74) is 0.866. The smallest absolute Gasteiger partial charge is 0.286 e. The molecule has 0 atom stereocenters. The van der Waals surface area contributed by atoms with Crippen LogP contribution in [-0.2, 0) is 11.3 Å². The minimum Gasteiger partial charge on any atom is -0.482 e. The van der Waals surface area contributed by atoms with E-state index in [1.54, 1.807) is 22.8 Å². The van der Waals surface area contributed by atoms with Crippen molar-refractivity contribution in [2.75, 3.05) is 6.61 Å². The average molecular weight is 426 g/mol. The normalized spacial score (nSPS) is 11.5. The Bertz CT molecular complexity index is 1100. The number of rotatable bonds is 4. The molecule has 26 heavy (non-hydrogen) atoms. The highest BCUT2D eigenvalue weighted by Crippen LogP contribution is 2.27. The number of nitrogens with zero attached hydrogens (tertiary/aromatic N) is 2. The van der Waals surface area contributed by atoms with Crippen molar-refractivity contribution >= 4 is 62.3 Å². The maximum Gasteiger partial charge on any atom is 0.286 e. The molecule has 0 unspecified atom stereocenters. The Kier molecular flexibility index (Phi) is 5.90. The van der Waals surface area contributed by atoms with Crippen molar-refractivity contribution in [3.63, 3.8) is 0 Å². The number of fused-ring (bicyclic) bond motifs is 1. The van der Waals surface area contributed by atoms with Crippen LogP contribution >= 0.6 is 46.1 Å². The number of hydrogen-bond donors (Lipinski definition) is 0. The first-order valence-electron chi connectivity index (χ1n) is 7.35. The molecule has 0 saturated carbocycles. The van der Waals surface area contributed by atoms with Crippen molar-refractivity contribution in [2.45, 2.75) is 6.54 Å². The predicted octanol–water partition coefficient (Wildman–Crippen LogP) is 4.80.